The molecule has 0 heterocycles. The molecule has 0 amide bonds. The van der Waals surface area contributed by atoms with E-state index in [1.54, 1.807) is 18.2 Å². The Kier molecular flexibility index (Phi) is 7.77. The summed E-state index contributed by atoms with van der Waals surface area (Å²) in [6, 6.07) is 12.0. The molecular formula is C21H21NO6. The van der Waals surface area contributed by atoms with Crippen molar-refractivity contribution in [2.45, 2.75) is 13.3 Å². The summed E-state index contributed by atoms with van der Waals surface area (Å²) in [6.45, 7) is 2.60. The zero-order valence-electron chi connectivity index (χ0n) is 15.7. The molecule has 28 heavy (non-hydrogen) atoms. The molecule has 2 aromatic carbocycles. The first kappa shape index (κ1) is 20.7. The molecule has 2 aromatic rings. The van der Waals surface area contributed by atoms with E-state index in [0.29, 0.717) is 23.7 Å². The molecule has 0 radical (unpaired) electrons. The van der Waals surface area contributed by atoms with Crippen molar-refractivity contribution in [3.05, 3.63) is 76.0 Å². The molecule has 0 unspecified atom stereocenters. The Morgan fingerprint density at radius 1 is 1.11 bits per heavy atom. The lowest BCUT2D eigenvalue weighted by atomic mass is 10.2. The van der Waals surface area contributed by atoms with E-state index in [1.165, 1.54) is 25.3 Å². The van der Waals surface area contributed by atoms with Crippen LogP contribution < -0.4 is 14.2 Å². The van der Waals surface area contributed by atoms with Crippen LogP contribution in [-0.2, 0) is 4.79 Å². The molecule has 0 fully saturated rings. The van der Waals surface area contributed by atoms with Gasteiger partial charge < -0.3 is 14.2 Å². The van der Waals surface area contributed by atoms with Crippen molar-refractivity contribution in [2.75, 3.05) is 13.7 Å². The van der Waals surface area contributed by atoms with Crippen LogP contribution in [0.2, 0.25) is 0 Å². The van der Waals surface area contributed by atoms with E-state index >= 15 is 0 Å². The van der Waals surface area contributed by atoms with Crippen molar-refractivity contribution in [2.24, 2.45) is 0 Å². The summed E-state index contributed by atoms with van der Waals surface area (Å²) in [5.74, 6) is 0.606. The van der Waals surface area contributed by atoms with Gasteiger partial charge in [-0.15, -0.1) is 0 Å². The Hall–Kier alpha value is -3.61. The number of carbonyl (C=O) groups excluding carboxylic acids is 1. The SMILES string of the molecule is CCCOc1ccccc1/C=C/C(=O)Oc1ccc(/C=C/[N+](=O)[O-])cc1OC. The summed E-state index contributed by atoms with van der Waals surface area (Å²) in [4.78, 5) is 22.0. The average Bonchev–Trinajstić information content (AvgIpc) is 2.70. The predicted molar refractivity (Wildman–Crippen MR) is 106 cm³/mol. The van der Waals surface area contributed by atoms with Gasteiger partial charge in [0.15, 0.2) is 11.5 Å². The fourth-order valence-corrected chi connectivity index (χ4v) is 2.28. The van der Waals surface area contributed by atoms with Crippen molar-refractivity contribution in [1.29, 1.82) is 0 Å². The summed E-state index contributed by atoms with van der Waals surface area (Å²) in [7, 11) is 1.42. The molecule has 0 saturated carbocycles. The molecule has 0 atom stereocenters. The number of esters is 1. The number of hydrogen-bond acceptors (Lipinski definition) is 6. The Labute approximate surface area is 163 Å². The monoisotopic (exact) mass is 383 g/mol. The molecule has 0 aliphatic rings. The maximum Gasteiger partial charge on any atom is 0.336 e. The largest absolute Gasteiger partial charge is 0.493 e. The van der Waals surface area contributed by atoms with Gasteiger partial charge in [0.25, 0.3) is 0 Å². The molecule has 0 N–H and O–H groups in total. The summed E-state index contributed by atoms with van der Waals surface area (Å²) in [5, 5.41) is 10.4. The fourth-order valence-electron chi connectivity index (χ4n) is 2.28. The van der Waals surface area contributed by atoms with Crippen LogP contribution in [0.15, 0.2) is 54.7 Å². The number of benzene rings is 2. The van der Waals surface area contributed by atoms with E-state index in [9.17, 15) is 14.9 Å². The van der Waals surface area contributed by atoms with Crippen molar-refractivity contribution >= 4 is 18.1 Å². The number of nitrogens with zero attached hydrogens (tertiary/aromatic N) is 1. The molecule has 0 aliphatic heterocycles. The van der Waals surface area contributed by atoms with E-state index in [2.05, 4.69) is 0 Å². The lowest BCUT2D eigenvalue weighted by Crippen LogP contribution is -2.05. The third-order valence-electron chi connectivity index (χ3n) is 3.57. The van der Waals surface area contributed by atoms with Crippen molar-refractivity contribution in [3.8, 4) is 17.2 Å². The first-order valence-electron chi connectivity index (χ1n) is 8.65. The number of ether oxygens (including phenoxy) is 3. The van der Waals surface area contributed by atoms with Crippen LogP contribution in [0.5, 0.6) is 17.2 Å². The van der Waals surface area contributed by atoms with Crippen LogP contribution in [0, 0.1) is 10.1 Å². The van der Waals surface area contributed by atoms with Gasteiger partial charge in [-0.3, -0.25) is 10.1 Å². The smallest absolute Gasteiger partial charge is 0.336 e. The van der Waals surface area contributed by atoms with Crippen LogP contribution in [-0.4, -0.2) is 24.6 Å². The third-order valence-corrected chi connectivity index (χ3v) is 3.57. The normalized spacial score (nSPS) is 10.9. The predicted octanol–water partition coefficient (Wildman–Crippen LogP) is 4.35. The second kappa shape index (κ2) is 10.5. The van der Waals surface area contributed by atoms with Gasteiger partial charge in [0.2, 0.25) is 6.20 Å². The van der Waals surface area contributed by atoms with E-state index in [1.807, 2.05) is 31.2 Å². The van der Waals surface area contributed by atoms with Crippen molar-refractivity contribution < 1.29 is 23.9 Å². The second-order valence-corrected chi connectivity index (χ2v) is 5.65. The van der Waals surface area contributed by atoms with Crippen LogP contribution in [0.3, 0.4) is 0 Å². The summed E-state index contributed by atoms with van der Waals surface area (Å²) >= 11 is 0. The standard InChI is InChI=1S/C21H21NO6/c1-3-14-27-18-7-5-4-6-17(18)9-11-21(23)28-19-10-8-16(12-13-22(24)25)15-20(19)26-2/h4-13,15H,3,14H2,1-2H3/b11-9+,13-12+. The van der Waals surface area contributed by atoms with Crippen LogP contribution in [0.1, 0.15) is 24.5 Å². The average molecular weight is 383 g/mol. The molecule has 0 spiro atoms. The zero-order valence-corrected chi connectivity index (χ0v) is 15.7. The molecule has 7 heteroatoms. The minimum absolute atomic E-state index is 0.214. The fraction of sp³-hybridized carbons (Fsp3) is 0.190. The van der Waals surface area contributed by atoms with Crippen LogP contribution in [0.4, 0.5) is 0 Å². The number of nitro groups is 1. The van der Waals surface area contributed by atoms with Crippen LogP contribution >= 0.6 is 0 Å². The van der Waals surface area contributed by atoms with Crippen molar-refractivity contribution in [1.82, 2.24) is 0 Å². The van der Waals surface area contributed by atoms with E-state index in [0.717, 1.165) is 18.2 Å². The molecule has 0 aromatic heterocycles. The van der Waals surface area contributed by atoms with Gasteiger partial charge in [0, 0.05) is 17.7 Å². The van der Waals surface area contributed by atoms with Crippen LogP contribution in [0.25, 0.3) is 12.2 Å². The third kappa shape index (κ3) is 6.28. The topological polar surface area (TPSA) is 87.9 Å². The van der Waals surface area contributed by atoms with Gasteiger partial charge in [-0.1, -0.05) is 31.2 Å². The summed E-state index contributed by atoms with van der Waals surface area (Å²) in [6.07, 6.45) is 5.94. The highest BCUT2D eigenvalue weighted by molar-refractivity contribution is 5.89. The minimum atomic E-state index is -0.586. The second-order valence-electron chi connectivity index (χ2n) is 5.65. The van der Waals surface area contributed by atoms with E-state index in [-0.39, 0.29) is 5.75 Å². The number of rotatable bonds is 9. The van der Waals surface area contributed by atoms with Gasteiger partial charge in [-0.2, -0.15) is 0 Å². The zero-order chi connectivity index (χ0) is 20.4. The van der Waals surface area contributed by atoms with E-state index < -0.39 is 10.9 Å². The lowest BCUT2D eigenvalue weighted by Gasteiger charge is -2.09. The van der Waals surface area contributed by atoms with Gasteiger partial charge in [-0.05, 0) is 36.3 Å². The molecule has 0 saturated heterocycles. The summed E-state index contributed by atoms with van der Waals surface area (Å²) < 4.78 is 16.2. The highest BCUT2D eigenvalue weighted by atomic mass is 16.6. The number of carbonyl (C=O) groups is 1. The van der Waals surface area contributed by atoms with Gasteiger partial charge in [-0.25, -0.2) is 4.79 Å². The number of methoxy groups -OCH3 is 1. The Morgan fingerprint density at radius 2 is 1.89 bits per heavy atom. The number of para-hydroxylation sites is 1. The Balaban J connectivity index is 2.10. The minimum Gasteiger partial charge on any atom is -0.493 e. The Bertz CT molecular complexity index is 888. The molecule has 0 aliphatic carbocycles. The first-order chi connectivity index (χ1) is 13.5. The molecule has 7 nitrogen and oxygen atoms in total. The Morgan fingerprint density at radius 3 is 2.61 bits per heavy atom. The quantitative estimate of drug-likeness (QED) is 0.210. The van der Waals surface area contributed by atoms with Gasteiger partial charge in [0.05, 0.1) is 18.6 Å². The highest BCUT2D eigenvalue weighted by Crippen LogP contribution is 2.29. The van der Waals surface area contributed by atoms with Gasteiger partial charge >= 0.3 is 5.97 Å². The number of hydrogen-bond donors (Lipinski definition) is 0. The lowest BCUT2D eigenvalue weighted by molar-refractivity contribution is -0.400. The molecule has 0 bridgehead atoms. The maximum absolute atomic E-state index is 12.2. The maximum atomic E-state index is 12.2. The van der Waals surface area contributed by atoms with Crippen molar-refractivity contribution in [3.63, 3.8) is 0 Å². The molecular weight excluding hydrogens is 362 g/mol. The molecule has 146 valence electrons. The summed E-state index contributed by atoms with van der Waals surface area (Å²) in [5.41, 5.74) is 1.31. The van der Waals surface area contributed by atoms with Gasteiger partial charge in [0.1, 0.15) is 5.75 Å². The van der Waals surface area contributed by atoms with E-state index in [4.69, 9.17) is 14.2 Å². The molecule has 2 rings (SSSR count). The first-order valence-corrected chi connectivity index (χ1v) is 8.65. The highest BCUT2D eigenvalue weighted by Gasteiger charge is 2.09.